The molecule has 0 spiro atoms. The quantitative estimate of drug-likeness (QED) is 0.835. The van der Waals surface area contributed by atoms with Crippen LogP contribution in [-0.4, -0.2) is 12.6 Å². The first kappa shape index (κ1) is 11.6. The van der Waals surface area contributed by atoms with E-state index in [1.54, 1.807) is 0 Å². The SMILES string of the molecule is CC(CCN)NCc1cc2ccccc2s1. The summed E-state index contributed by atoms with van der Waals surface area (Å²) in [6.07, 6.45) is 1.03. The van der Waals surface area contributed by atoms with E-state index in [1.807, 2.05) is 11.3 Å². The maximum absolute atomic E-state index is 5.52. The third-order valence-corrected chi connectivity index (χ3v) is 3.82. The number of nitrogens with one attached hydrogen (secondary N) is 1. The van der Waals surface area contributed by atoms with E-state index in [2.05, 4.69) is 42.6 Å². The van der Waals surface area contributed by atoms with Crippen LogP contribution in [0.5, 0.6) is 0 Å². The molecule has 1 unspecified atom stereocenters. The second-order valence-electron chi connectivity index (χ2n) is 4.11. The van der Waals surface area contributed by atoms with Gasteiger partial charge in [-0.15, -0.1) is 11.3 Å². The highest BCUT2D eigenvalue weighted by molar-refractivity contribution is 7.19. The zero-order chi connectivity index (χ0) is 11.4. The van der Waals surface area contributed by atoms with Gasteiger partial charge in [-0.2, -0.15) is 0 Å². The molecule has 0 saturated heterocycles. The van der Waals surface area contributed by atoms with E-state index in [-0.39, 0.29) is 0 Å². The van der Waals surface area contributed by atoms with Crippen molar-refractivity contribution in [2.24, 2.45) is 5.73 Å². The van der Waals surface area contributed by atoms with Crippen molar-refractivity contribution in [3.8, 4) is 0 Å². The Bertz CT molecular complexity index is 417. The lowest BCUT2D eigenvalue weighted by atomic mass is 10.2. The topological polar surface area (TPSA) is 38.0 Å². The van der Waals surface area contributed by atoms with Gasteiger partial charge in [-0.05, 0) is 37.4 Å². The molecule has 0 fully saturated rings. The fourth-order valence-electron chi connectivity index (χ4n) is 1.75. The van der Waals surface area contributed by atoms with Gasteiger partial charge in [0.1, 0.15) is 0 Å². The Morgan fingerprint density at radius 3 is 2.94 bits per heavy atom. The molecule has 2 rings (SSSR count). The monoisotopic (exact) mass is 234 g/mol. The summed E-state index contributed by atoms with van der Waals surface area (Å²) in [6.45, 7) is 3.88. The van der Waals surface area contributed by atoms with Crippen LogP contribution in [0.4, 0.5) is 0 Å². The third-order valence-electron chi connectivity index (χ3n) is 2.70. The number of fused-ring (bicyclic) bond motifs is 1. The van der Waals surface area contributed by atoms with Gasteiger partial charge in [0, 0.05) is 22.2 Å². The third kappa shape index (κ3) is 2.82. The largest absolute Gasteiger partial charge is 0.330 e. The summed E-state index contributed by atoms with van der Waals surface area (Å²) in [7, 11) is 0. The number of hydrogen-bond donors (Lipinski definition) is 2. The van der Waals surface area contributed by atoms with Crippen molar-refractivity contribution in [3.05, 3.63) is 35.2 Å². The van der Waals surface area contributed by atoms with Gasteiger partial charge in [-0.1, -0.05) is 18.2 Å². The Kier molecular flexibility index (Phi) is 3.93. The molecule has 0 amide bonds. The second-order valence-corrected chi connectivity index (χ2v) is 5.28. The predicted molar refractivity (Wildman–Crippen MR) is 71.8 cm³/mol. The molecule has 0 aliphatic carbocycles. The van der Waals surface area contributed by atoms with Gasteiger partial charge in [0.15, 0.2) is 0 Å². The van der Waals surface area contributed by atoms with Gasteiger partial charge in [0.2, 0.25) is 0 Å². The first-order valence-electron chi connectivity index (χ1n) is 5.70. The first-order valence-corrected chi connectivity index (χ1v) is 6.52. The maximum atomic E-state index is 5.52. The van der Waals surface area contributed by atoms with Crippen molar-refractivity contribution in [2.45, 2.75) is 25.9 Å². The molecule has 2 aromatic rings. The van der Waals surface area contributed by atoms with Crippen molar-refractivity contribution in [3.63, 3.8) is 0 Å². The molecule has 2 nitrogen and oxygen atoms in total. The molecular formula is C13H18N2S. The van der Waals surface area contributed by atoms with Gasteiger partial charge < -0.3 is 11.1 Å². The molecule has 86 valence electrons. The van der Waals surface area contributed by atoms with Crippen LogP contribution in [-0.2, 0) is 6.54 Å². The van der Waals surface area contributed by atoms with E-state index in [0.29, 0.717) is 6.04 Å². The Morgan fingerprint density at radius 2 is 2.19 bits per heavy atom. The summed E-state index contributed by atoms with van der Waals surface area (Å²) in [5.41, 5.74) is 5.52. The van der Waals surface area contributed by atoms with E-state index in [1.165, 1.54) is 15.0 Å². The van der Waals surface area contributed by atoms with Crippen LogP contribution in [0.1, 0.15) is 18.2 Å². The minimum Gasteiger partial charge on any atom is -0.330 e. The fourth-order valence-corrected chi connectivity index (χ4v) is 2.77. The smallest absolute Gasteiger partial charge is 0.0346 e. The van der Waals surface area contributed by atoms with Gasteiger partial charge in [0.25, 0.3) is 0 Å². The Hall–Kier alpha value is -0.900. The molecule has 1 aromatic carbocycles. The summed E-state index contributed by atoms with van der Waals surface area (Å²) in [5.74, 6) is 0. The maximum Gasteiger partial charge on any atom is 0.0346 e. The standard InChI is InChI=1S/C13H18N2S/c1-10(6-7-14)15-9-12-8-11-4-2-3-5-13(11)16-12/h2-5,8,10,15H,6-7,9,14H2,1H3. The zero-order valence-corrected chi connectivity index (χ0v) is 10.4. The van der Waals surface area contributed by atoms with Crippen LogP contribution >= 0.6 is 11.3 Å². The molecule has 0 radical (unpaired) electrons. The molecule has 0 bridgehead atoms. The number of thiophene rings is 1. The van der Waals surface area contributed by atoms with Crippen molar-refractivity contribution >= 4 is 21.4 Å². The number of hydrogen-bond acceptors (Lipinski definition) is 3. The van der Waals surface area contributed by atoms with E-state index < -0.39 is 0 Å². The average molecular weight is 234 g/mol. The number of benzene rings is 1. The molecule has 0 aliphatic heterocycles. The van der Waals surface area contributed by atoms with Gasteiger partial charge >= 0.3 is 0 Å². The van der Waals surface area contributed by atoms with Crippen molar-refractivity contribution < 1.29 is 0 Å². The molecule has 1 atom stereocenters. The average Bonchev–Trinajstić information content (AvgIpc) is 2.69. The molecule has 3 N–H and O–H groups in total. The van der Waals surface area contributed by atoms with E-state index in [9.17, 15) is 0 Å². The van der Waals surface area contributed by atoms with Crippen LogP contribution in [0.2, 0.25) is 0 Å². The van der Waals surface area contributed by atoms with Crippen LogP contribution in [0.15, 0.2) is 30.3 Å². The summed E-state index contributed by atoms with van der Waals surface area (Å²) >= 11 is 1.86. The van der Waals surface area contributed by atoms with Crippen molar-refractivity contribution in [1.29, 1.82) is 0 Å². The van der Waals surface area contributed by atoms with Crippen LogP contribution in [0.25, 0.3) is 10.1 Å². The molecule has 1 aromatic heterocycles. The van der Waals surface area contributed by atoms with Crippen LogP contribution in [0.3, 0.4) is 0 Å². The van der Waals surface area contributed by atoms with Crippen molar-refractivity contribution in [2.75, 3.05) is 6.54 Å². The second kappa shape index (κ2) is 5.43. The van der Waals surface area contributed by atoms with E-state index in [0.717, 1.165) is 19.5 Å². The lowest BCUT2D eigenvalue weighted by molar-refractivity contribution is 0.522. The predicted octanol–water partition coefficient (Wildman–Crippen LogP) is 2.73. The highest BCUT2D eigenvalue weighted by Gasteiger charge is 2.03. The summed E-state index contributed by atoms with van der Waals surface area (Å²) in [5, 5.41) is 4.83. The zero-order valence-electron chi connectivity index (χ0n) is 9.57. The van der Waals surface area contributed by atoms with Gasteiger partial charge in [0.05, 0.1) is 0 Å². The Morgan fingerprint density at radius 1 is 1.38 bits per heavy atom. The van der Waals surface area contributed by atoms with Gasteiger partial charge in [-0.25, -0.2) is 0 Å². The Labute approximate surface area is 100 Å². The minimum atomic E-state index is 0.496. The Balaban J connectivity index is 1.99. The molecule has 0 aliphatic rings. The van der Waals surface area contributed by atoms with E-state index >= 15 is 0 Å². The molecule has 3 heteroatoms. The first-order chi connectivity index (χ1) is 7.79. The fraction of sp³-hybridized carbons (Fsp3) is 0.385. The normalized spacial score (nSPS) is 13.1. The highest BCUT2D eigenvalue weighted by atomic mass is 32.1. The molecule has 16 heavy (non-hydrogen) atoms. The van der Waals surface area contributed by atoms with Crippen molar-refractivity contribution in [1.82, 2.24) is 5.32 Å². The van der Waals surface area contributed by atoms with Crippen LogP contribution in [0, 0.1) is 0 Å². The molecule has 1 heterocycles. The summed E-state index contributed by atoms with van der Waals surface area (Å²) < 4.78 is 1.37. The van der Waals surface area contributed by atoms with E-state index in [4.69, 9.17) is 5.73 Å². The highest BCUT2D eigenvalue weighted by Crippen LogP contribution is 2.25. The lowest BCUT2D eigenvalue weighted by Gasteiger charge is -2.10. The lowest BCUT2D eigenvalue weighted by Crippen LogP contribution is -2.27. The van der Waals surface area contributed by atoms with Crippen LogP contribution < -0.4 is 11.1 Å². The van der Waals surface area contributed by atoms with Gasteiger partial charge in [-0.3, -0.25) is 0 Å². The molecule has 0 saturated carbocycles. The summed E-state index contributed by atoms with van der Waals surface area (Å²) in [4.78, 5) is 1.39. The minimum absolute atomic E-state index is 0.496. The number of nitrogens with two attached hydrogens (primary N) is 1. The molecular weight excluding hydrogens is 216 g/mol. The summed E-state index contributed by atoms with van der Waals surface area (Å²) in [6, 6.07) is 11.3. The number of rotatable bonds is 5.